The number of nitrogens with zero attached hydrogens (tertiary/aromatic N) is 3. The number of hydrogen-bond acceptors (Lipinski definition) is 3. The van der Waals surface area contributed by atoms with E-state index in [1.165, 1.54) is 20.7 Å². The number of rotatable bonds is 7. The summed E-state index contributed by atoms with van der Waals surface area (Å²) in [6.07, 6.45) is 2.70. The summed E-state index contributed by atoms with van der Waals surface area (Å²) in [4.78, 5) is 2.11. The molecule has 0 atom stereocenters. The number of anilines is 3. The number of para-hydroxylation sites is 2. The highest BCUT2D eigenvalue weighted by atomic mass is 35.5. The van der Waals surface area contributed by atoms with E-state index in [0.29, 0.717) is 17.9 Å². The molecule has 1 aliphatic heterocycles. The third-order valence-electron chi connectivity index (χ3n) is 4.47. The van der Waals surface area contributed by atoms with Crippen molar-refractivity contribution in [2.45, 2.75) is 19.3 Å². The van der Waals surface area contributed by atoms with Crippen LogP contribution in [-0.4, -0.2) is 40.5 Å². The van der Waals surface area contributed by atoms with Crippen LogP contribution in [0.3, 0.4) is 0 Å². The van der Waals surface area contributed by atoms with Crippen molar-refractivity contribution in [1.82, 2.24) is 4.90 Å². The standard InChI is InChI=1S/C19H23ClFN3O2S.ClH/c1-22(2)12-6-3-7-13-23-18-8-4-5-9-19(18)24(27(23,25)26)17-11-10-15(21)14-16(17)20;/h4-5,8-11,14H,3,6-7,12-13H2,1-2H3;1H. The maximum Gasteiger partial charge on any atom is 0.331 e. The predicted molar refractivity (Wildman–Crippen MR) is 116 cm³/mol. The first-order valence-electron chi connectivity index (χ1n) is 8.84. The van der Waals surface area contributed by atoms with E-state index >= 15 is 0 Å². The van der Waals surface area contributed by atoms with Gasteiger partial charge in [0.25, 0.3) is 0 Å². The molecule has 0 bridgehead atoms. The number of benzene rings is 2. The summed E-state index contributed by atoms with van der Waals surface area (Å²) in [5, 5.41) is 0.0567. The van der Waals surface area contributed by atoms with Crippen molar-refractivity contribution in [3.8, 4) is 0 Å². The van der Waals surface area contributed by atoms with Gasteiger partial charge >= 0.3 is 10.2 Å². The SMILES string of the molecule is CN(C)CCCCCN1c2ccccc2N(c2ccc(F)cc2Cl)S1(=O)=O.Cl. The van der Waals surface area contributed by atoms with Crippen molar-refractivity contribution in [2.75, 3.05) is 35.8 Å². The van der Waals surface area contributed by atoms with Crippen LogP contribution in [0.4, 0.5) is 21.5 Å². The van der Waals surface area contributed by atoms with Gasteiger partial charge in [0.1, 0.15) is 5.82 Å². The van der Waals surface area contributed by atoms with E-state index in [-0.39, 0.29) is 23.1 Å². The lowest BCUT2D eigenvalue weighted by atomic mass is 10.2. The van der Waals surface area contributed by atoms with Gasteiger partial charge in [-0.2, -0.15) is 8.42 Å². The lowest BCUT2D eigenvalue weighted by Crippen LogP contribution is -2.36. The highest BCUT2D eigenvalue weighted by Crippen LogP contribution is 2.47. The highest BCUT2D eigenvalue weighted by molar-refractivity contribution is 7.95. The Kier molecular flexibility index (Phi) is 7.56. The molecule has 0 amide bonds. The molecule has 0 aromatic heterocycles. The molecule has 1 heterocycles. The Labute approximate surface area is 177 Å². The number of fused-ring (bicyclic) bond motifs is 1. The number of hydrogen-bond donors (Lipinski definition) is 0. The van der Waals surface area contributed by atoms with E-state index in [0.717, 1.165) is 31.9 Å². The van der Waals surface area contributed by atoms with Crippen molar-refractivity contribution in [3.05, 3.63) is 53.3 Å². The summed E-state index contributed by atoms with van der Waals surface area (Å²) in [5.74, 6) is -0.508. The Morgan fingerprint density at radius 2 is 1.68 bits per heavy atom. The highest BCUT2D eigenvalue weighted by Gasteiger charge is 2.41. The van der Waals surface area contributed by atoms with Crippen molar-refractivity contribution >= 4 is 51.3 Å². The van der Waals surface area contributed by atoms with Gasteiger partial charge in [-0.3, -0.25) is 4.31 Å². The fourth-order valence-electron chi connectivity index (χ4n) is 3.19. The molecule has 0 radical (unpaired) electrons. The second kappa shape index (κ2) is 9.31. The molecule has 154 valence electrons. The molecular formula is C19H24Cl2FN3O2S. The molecule has 1 aliphatic rings. The normalized spacial score (nSPS) is 14.9. The third kappa shape index (κ3) is 4.54. The van der Waals surface area contributed by atoms with E-state index in [9.17, 15) is 12.8 Å². The van der Waals surface area contributed by atoms with Gasteiger partial charge in [-0.25, -0.2) is 8.70 Å². The first kappa shape index (κ1) is 22.7. The lowest BCUT2D eigenvalue weighted by Gasteiger charge is -2.22. The van der Waals surface area contributed by atoms with Crippen LogP contribution in [0, 0.1) is 5.82 Å². The molecule has 9 heteroatoms. The largest absolute Gasteiger partial charge is 0.331 e. The molecule has 5 nitrogen and oxygen atoms in total. The summed E-state index contributed by atoms with van der Waals surface area (Å²) >= 11 is 6.16. The fourth-order valence-corrected chi connectivity index (χ4v) is 5.26. The van der Waals surface area contributed by atoms with Gasteiger partial charge in [-0.05, 0) is 63.8 Å². The maximum atomic E-state index is 13.4. The first-order valence-corrected chi connectivity index (χ1v) is 10.6. The molecule has 0 saturated heterocycles. The number of unbranched alkanes of at least 4 members (excludes halogenated alkanes) is 2. The molecule has 3 rings (SSSR count). The number of halogens is 3. The summed E-state index contributed by atoms with van der Waals surface area (Å²) in [6.45, 7) is 1.36. The molecule has 0 saturated carbocycles. The van der Waals surface area contributed by atoms with E-state index in [2.05, 4.69) is 4.90 Å². The molecule has 0 fully saturated rings. The molecule has 2 aromatic rings. The summed E-state index contributed by atoms with van der Waals surface area (Å²) < 4.78 is 42.5. The van der Waals surface area contributed by atoms with Crippen LogP contribution in [0.1, 0.15) is 19.3 Å². The van der Waals surface area contributed by atoms with Gasteiger partial charge in [0, 0.05) is 6.54 Å². The second-order valence-electron chi connectivity index (χ2n) is 6.79. The van der Waals surface area contributed by atoms with E-state index < -0.39 is 16.0 Å². The quantitative estimate of drug-likeness (QED) is 0.570. The predicted octanol–water partition coefficient (Wildman–Crippen LogP) is 4.84. The van der Waals surface area contributed by atoms with Crippen LogP contribution in [0.5, 0.6) is 0 Å². The molecular weight excluding hydrogens is 424 g/mol. The molecule has 0 aliphatic carbocycles. The molecule has 2 aromatic carbocycles. The topological polar surface area (TPSA) is 43.9 Å². The van der Waals surface area contributed by atoms with Crippen LogP contribution < -0.4 is 8.61 Å². The zero-order valence-electron chi connectivity index (χ0n) is 15.8. The van der Waals surface area contributed by atoms with Crippen LogP contribution in [0.25, 0.3) is 0 Å². The molecule has 0 N–H and O–H groups in total. The van der Waals surface area contributed by atoms with Gasteiger partial charge < -0.3 is 4.90 Å². The minimum Gasteiger partial charge on any atom is -0.309 e. The van der Waals surface area contributed by atoms with Crippen LogP contribution >= 0.6 is 24.0 Å². The van der Waals surface area contributed by atoms with Crippen LogP contribution in [0.2, 0.25) is 5.02 Å². The average Bonchev–Trinajstić information content (AvgIpc) is 2.82. The zero-order valence-corrected chi connectivity index (χ0v) is 18.2. The Morgan fingerprint density at radius 1 is 1.00 bits per heavy atom. The Hall–Kier alpha value is -1.54. The Bertz CT molecular complexity index is 925. The summed E-state index contributed by atoms with van der Waals surface area (Å²) in [6, 6.07) is 10.8. The van der Waals surface area contributed by atoms with E-state index in [4.69, 9.17) is 11.6 Å². The van der Waals surface area contributed by atoms with Gasteiger partial charge in [0.15, 0.2) is 0 Å². The first-order chi connectivity index (χ1) is 12.8. The molecule has 0 unspecified atom stereocenters. The van der Waals surface area contributed by atoms with Gasteiger partial charge in [0.2, 0.25) is 0 Å². The van der Waals surface area contributed by atoms with Crippen molar-refractivity contribution < 1.29 is 12.8 Å². The molecule has 28 heavy (non-hydrogen) atoms. The van der Waals surface area contributed by atoms with Crippen molar-refractivity contribution in [1.29, 1.82) is 0 Å². The van der Waals surface area contributed by atoms with E-state index in [1.807, 2.05) is 20.2 Å². The second-order valence-corrected chi connectivity index (χ2v) is 8.90. The van der Waals surface area contributed by atoms with Gasteiger partial charge in [-0.15, -0.1) is 12.4 Å². The zero-order chi connectivity index (χ0) is 19.6. The monoisotopic (exact) mass is 447 g/mol. The smallest absolute Gasteiger partial charge is 0.309 e. The van der Waals surface area contributed by atoms with E-state index in [1.54, 1.807) is 18.2 Å². The van der Waals surface area contributed by atoms with Crippen LogP contribution in [0.15, 0.2) is 42.5 Å². The average molecular weight is 448 g/mol. The Morgan fingerprint density at radius 3 is 2.32 bits per heavy atom. The summed E-state index contributed by atoms with van der Waals surface area (Å²) in [7, 11) is 0.209. The maximum absolute atomic E-state index is 13.4. The fraction of sp³-hybridized carbons (Fsp3) is 0.368. The minimum absolute atomic E-state index is 0. The summed E-state index contributed by atoms with van der Waals surface area (Å²) in [5.41, 5.74) is 1.39. The van der Waals surface area contributed by atoms with Crippen molar-refractivity contribution in [2.24, 2.45) is 0 Å². The minimum atomic E-state index is -3.83. The van der Waals surface area contributed by atoms with Gasteiger partial charge in [-0.1, -0.05) is 30.2 Å². The molecule has 0 spiro atoms. The van der Waals surface area contributed by atoms with Crippen LogP contribution in [-0.2, 0) is 10.2 Å². The third-order valence-corrected chi connectivity index (χ3v) is 6.57. The lowest BCUT2D eigenvalue weighted by molar-refractivity contribution is 0.392. The van der Waals surface area contributed by atoms with Gasteiger partial charge in [0.05, 0.1) is 22.1 Å². The van der Waals surface area contributed by atoms with Crippen molar-refractivity contribution in [3.63, 3.8) is 0 Å². The Balaban J connectivity index is 0.00000280.